The van der Waals surface area contributed by atoms with E-state index < -0.39 is 11.7 Å². The first-order chi connectivity index (χ1) is 5.52. The number of hydrogen-bond donors (Lipinski definition) is 2. The summed E-state index contributed by atoms with van der Waals surface area (Å²) in [4.78, 5) is 14.3. The molecule has 0 aliphatic carbocycles. The average Bonchev–Trinajstić information content (AvgIpc) is 1.96. The number of nitrogen functional groups attached to an aromatic ring is 1. The number of amides is 1. The molecule has 0 aliphatic heterocycles. The molecule has 1 rings (SSSR count). The van der Waals surface area contributed by atoms with Gasteiger partial charge in [0.2, 0.25) is 0 Å². The number of aromatic nitrogens is 1. The number of carbonyl (C=O) groups is 1. The number of rotatable bonds is 1. The van der Waals surface area contributed by atoms with Gasteiger partial charge in [0.25, 0.3) is 5.91 Å². The van der Waals surface area contributed by atoms with E-state index in [1.807, 2.05) is 0 Å². The topological polar surface area (TPSA) is 82.0 Å². The Morgan fingerprint density at radius 3 is 2.75 bits per heavy atom. The lowest BCUT2D eigenvalue weighted by Gasteiger charge is -2.02. The van der Waals surface area contributed by atoms with Crippen molar-refractivity contribution in [3.8, 4) is 0 Å². The number of carbonyl (C=O) groups excluding carboxylic acids is 1. The van der Waals surface area contributed by atoms with Gasteiger partial charge in [-0.3, -0.25) is 4.79 Å². The van der Waals surface area contributed by atoms with Crippen molar-refractivity contribution in [2.45, 2.75) is 6.92 Å². The second-order valence-corrected chi connectivity index (χ2v) is 2.35. The average molecular weight is 169 g/mol. The molecular formula is C7H8FN3O. The van der Waals surface area contributed by atoms with Crippen molar-refractivity contribution in [3.05, 3.63) is 23.1 Å². The number of pyridine rings is 1. The highest BCUT2D eigenvalue weighted by Gasteiger charge is 2.09. The van der Waals surface area contributed by atoms with Crippen LogP contribution < -0.4 is 11.5 Å². The van der Waals surface area contributed by atoms with Crippen LogP contribution >= 0.6 is 0 Å². The Hall–Kier alpha value is -1.65. The first-order valence-electron chi connectivity index (χ1n) is 3.25. The van der Waals surface area contributed by atoms with E-state index in [-0.39, 0.29) is 11.4 Å². The van der Waals surface area contributed by atoms with Gasteiger partial charge >= 0.3 is 0 Å². The number of anilines is 1. The molecule has 0 aromatic carbocycles. The Bertz CT molecular complexity index is 338. The van der Waals surface area contributed by atoms with E-state index in [0.29, 0.717) is 5.69 Å². The van der Waals surface area contributed by atoms with Crippen LogP contribution in [0.3, 0.4) is 0 Å². The van der Waals surface area contributed by atoms with E-state index in [1.54, 1.807) is 0 Å². The number of halogens is 1. The van der Waals surface area contributed by atoms with Crippen LogP contribution in [0.15, 0.2) is 6.07 Å². The molecule has 1 aromatic heterocycles. The van der Waals surface area contributed by atoms with Crippen LogP contribution in [0.5, 0.6) is 0 Å². The van der Waals surface area contributed by atoms with Gasteiger partial charge in [-0.1, -0.05) is 0 Å². The van der Waals surface area contributed by atoms with Gasteiger partial charge in [-0.05, 0) is 13.0 Å². The van der Waals surface area contributed by atoms with Crippen LogP contribution in [0.4, 0.5) is 10.2 Å². The predicted molar refractivity (Wildman–Crippen MR) is 41.9 cm³/mol. The first kappa shape index (κ1) is 8.45. The zero-order valence-corrected chi connectivity index (χ0v) is 6.47. The van der Waals surface area contributed by atoms with Crippen LogP contribution in [0, 0.1) is 12.7 Å². The summed E-state index contributed by atoms with van der Waals surface area (Å²) in [6, 6.07) is 0.986. The van der Waals surface area contributed by atoms with Crippen molar-refractivity contribution in [3.63, 3.8) is 0 Å². The van der Waals surface area contributed by atoms with E-state index in [0.717, 1.165) is 6.07 Å². The number of hydrogen-bond acceptors (Lipinski definition) is 3. The number of primary amides is 1. The van der Waals surface area contributed by atoms with Crippen molar-refractivity contribution in [1.29, 1.82) is 0 Å². The van der Waals surface area contributed by atoms with Crippen molar-refractivity contribution in [2.75, 3.05) is 5.73 Å². The van der Waals surface area contributed by atoms with Crippen LogP contribution in [-0.4, -0.2) is 10.9 Å². The summed E-state index contributed by atoms with van der Waals surface area (Å²) in [7, 11) is 0. The normalized spacial score (nSPS) is 9.83. The van der Waals surface area contributed by atoms with E-state index in [2.05, 4.69) is 4.98 Å². The predicted octanol–water partition coefficient (Wildman–Crippen LogP) is 0.210. The number of nitrogens with zero attached hydrogens (tertiary/aromatic N) is 1. The van der Waals surface area contributed by atoms with Gasteiger partial charge < -0.3 is 11.5 Å². The van der Waals surface area contributed by atoms with Gasteiger partial charge in [0.1, 0.15) is 0 Å². The summed E-state index contributed by atoms with van der Waals surface area (Å²) in [5.41, 5.74) is 10.5. The molecule has 0 fully saturated rings. The molecule has 0 radical (unpaired) electrons. The quantitative estimate of drug-likeness (QED) is 0.630. The molecule has 0 saturated carbocycles. The molecule has 0 saturated heterocycles. The fraction of sp³-hybridized carbons (Fsp3) is 0.143. The SMILES string of the molecule is Cc1nc(N)c(F)cc1C(N)=O. The summed E-state index contributed by atoms with van der Waals surface area (Å²) >= 11 is 0. The summed E-state index contributed by atoms with van der Waals surface area (Å²) in [6.07, 6.45) is 0. The monoisotopic (exact) mass is 169 g/mol. The maximum atomic E-state index is 12.7. The Morgan fingerprint density at radius 2 is 2.25 bits per heavy atom. The van der Waals surface area contributed by atoms with Crippen molar-refractivity contribution in [2.24, 2.45) is 5.73 Å². The molecule has 1 amide bonds. The maximum absolute atomic E-state index is 12.7. The van der Waals surface area contributed by atoms with Gasteiger partial charge in [0.15, 0.2) is 11.6 Å². The molecule has 0 unspecified atom stereocenters. The molecule has 0 atom stereocenters. The van der Waals surface area contributed by atoms with Gasteiger partial charge in [0.05, 0.1) is 11.3 Å². The highest BCUT2D eigenvalue weighted by molar-refractivity contribution is 5.94. The largest absolute Gasteiger partial charge is 0.381 e. The van der Waals surface area contributed by atoms with Crippen LogP contribution in [0.25, 0.3) is 0 Å². The molecule has 12 heavy (non-hydrogen) atoms. The van der Waals surface area contributed by atoms with Crippen molar-refractivity contribution >= 4 is 11.7 Å². The van der Waals surface area contributed by atoms with Crippen LogP contribution in [0.2, 0.25) is 0 Å². The molecule has 4 N–H and O–H groups in total. The molecule has 0 aliphatic rings. The van der Waals surface area contributed by atoms with Crippen LogP contribution in [-0.2, 0) is 0 Å². The lowest BCUT2D eigenvalue weighted by molar-refractivity contribution is 0.0999. The third kappa shape index (κ3) is 1.34. The molecule has 64 valence electrons. The molecule has 5 heteroatoms. The highest BCUT2D eigenvalue weighted by Crippen LogP contribution is 2.11. The van der Waals surface area contributed by atoms with E-state index in [9.17, 15) is 9.18 Å². The molecule has 1 heterocycles. The third-order valence-electron chi connectivity index (χ3n) is 1.46. The Labute approximate surface area is 68.4 Å². The van der Waals surface area contributed by atoms with E-state index in [1.165, 1.54) is 6.92 Å². The third-order valence-corrected chi connectivity index (χ3v) is 1.46. The first-order valence-corrected chi connectivity index (χ1v) is 3.25. The lowest BCUT2D eigenvalue weighted by Crippen LogP contribution is -2.15. The number of aryl methyl sites for hydroxylation is 1. The maximum Gasteiger partial charge on any atom is 0.250 e. The number of nitrogens with two attached hydrogens (primary N) is 2. The minimum Gasteiger partial charge on any atom is -0.381 e. The Morgan fingerprint density at radius 1 is 1.67 bits per heavy atom. The Balaban J connectivity index is 3.33. The molecule has 4 nitrogen and oxygen atoms in total. The second kappa shape index (κ2) is 2.77. The highest BCUT2D eigenvalue weighted by atomic mass is 19.1. The lowest BCUT2D eigenvalue weighted by atomic mass is 10.2. The summed E-state index contributed by atoms with van der Waals surface area (Å²) in [6.45, 7) is 1.54. The summed E-state index contributed by atoms with van der Waals surface area (Å²) in [5, 5.41) is 0. The fourth-order valence-corrected chi connectivity index (χ4v) is 0.849. The van der Waals surface area contributed by atoms with E-state index in [4.69, 9.17) is 11.5 Å². The van der Waals surface area contributed by atoms with Gasteiger partial charge in [-0.2, -0.15) is 0 Å². The van der Waals surface area contributed by atoms with Gasteiger partial charge in [0, 0.05) is 0 Å². The minimum absolute atomic E-state index is 0.0571. The zero-order chi connectivity index (χ0) is 9.30. The summed E-state index contributed by atoms with van der Waals surface area (Å²) in [5.74, 6) is -1.66. The van der Waals surface area contributed by atoms with Crippen LogP contribution in [0.1, 0.15) is 16.1 Å². The molecule has 0 spiro atoms. The van der Waals surface area contributed by atoms with Crippen molar-refractivity contribution < 1.29 is 9.18 Å². The van der Waals surface area contributed by atoms with E-state index >= 15 is 0 Å². The Kier molecular flexibility index (Phi) is 1.95. The van der Waals surface area contributed by atoms with Crippen molar-refractivity contribution in [1.82, 2.24) is 4.98 Å². The van der Waals surface area contributed by atoms with Gasteiger partial charge in [-0.25, -0.2) is 9.37 Å². The standard InChI is InChI=1S/C7H8FN3O/c1-3-4(7(10)12)2-5(8)6(9)11-3/h2H,1H3,(H2,9,11)(H2,10,12). The van der Waals surface area contributed by atoms with Gasteiger partial charge in [-0.15, -0.1) is 0 Å². The zero-order valence-electron chi connectivity index (χ0n) is 6.47. The molecular weight excluding hydrogens is 161 g/mol. The summed E-state index contributed by atoms with van der Waals surface area (Å²) < 4.78 is 12.7. The molecule has 0 bridgehead atoms. The second-order valence-electron chi connectivity index (χ2n) is 2.35. The fourth-order valence-electron chi connectivity index (χ4n) is 0.849. The molecule has 1 aromatic rings. The smallest absolute Gasteiger partial charge is 0.250 e. The minimum atomic E-state index is -0.727.